The number of carbonyl (C=O) groups is 3. The lowest BCUT2D eigenvalue weighted by Crippen LogP contribution is -2.37. The number of amides is 2. The number of hydrogen-bond acceptors (Lipinski definition) is 4. The van der Waals surface area contributed by atoms with Crippen LogP contribution in [-0.2, 0) is 9.59 Å². The summed E-state index contributed by atoms with van der Waals surface area (Å²) in [5.41, 5.74) is 0.520. The predicted octanol–water partition coefficient (Wildman–Crippen LogP) is 1.05. The standard InChI is InChI=1S/C13H16N2O4S/c1-3-15(2)10(16)8-14-13(19)12-9(6-7-20-12)4-5-11(17)18/h4-7H,3,8H2,1-2H3,(H,14,19)(H,17,18)/b5-4+. The Bertz CT molecular complexity index is 536. The molecule has 2 N–H and O–H groups in total. The normalized spacial score (nSPS) is 10.5. The third-order valence-electron chi connectivity index (χ3n) is 2.61. The van der Waals surface area contributed by atoms with Crippen LogP contribution in [0.1, 0.15) is 22.2 Å². The average molecular weight is 296 g/mol. The molecule has 0 aliphatic rings. The van der Waals surface area contributed by atoms with Crippen molar-refractivity contribution in [3.63, 3.8) is 0 Å². The molecule has 0 atom stereocenters. The van der Waals surface area contributed by atoms with Crippen molar-refractivity contribution >= 4 is 35.2 Å². The van der Waals surface area contributed by atoms with Gasteiger partial charge in [-0.25, -0.2) is 4.79 Å². The Morgan fingerprint density at radius 2 is 2.15 bits per heavy atom. The van der Waals surface area contributed by atoms with Crippen molar-refractivity contribution < 1.29 is 19.5 Å². The van der Waals surface area contributed by atoms with Gasteiger partial charge in [-0.1, -0.05) is 0 Å². The molecule has 0 radical (unpaired) electrons. The maximum absolute atomic E-state index is 11.9. The number of aliphatic carboxylic acids is 1. The molecule has 0 unspecified atom stereocenters. The van der Waals surface area contributed by atoms with Gasteiger partial charge in [0, 0.05) is 19.7 Å². The quantitative estimate of drug-likeness (QED) is 0.768. The van der Waals surface area contributed by atoms with E-state index in [0.717, 1.165) is 6.08 Å². The second-order valence-electron chi connectivity index (χ2n) is 3.97. The van der Waals surface area contributed by atoms with Crippen molar-refractivity contribution in [2.45, 2.75) is 6.92 Å². The Hall–Kier alpha value is -2.15. The smallest absolute Gasteiger partial charge is 0.328 e. The number of hydrogen-bond donors (Lipinski definition) is 2. The lowest BCUT2D eigenvalue weighted by molar-refractivity contribution is -0.131. The minimum Gasteiger partial charge on any atom is -0.478 e. The van der Waals surface area contributed by atoms with Gasteiger partial charge in [0.05, 0.1) is 11.4 Å². The van der Waals surface area contributed by atoms with E-state index in [1.807, 2.05) is 6.92 Å². The molecule has 0 saturated heterocycles. The lowest BCUT2D eigenvalue weighted by atomic mass is 10.2. The molecule has 6 nitrogen and oxygen atoms in total. The van der Waals surface area contributed by atoms with E-state index in [1.165, 1.54) is 22.3 Å². The van der Waals surface area contributed by atoms with Crippen molar-refractivity contribution in [2.24, 2.45) is 0 Å². The van der Waals surface area contributed by atoms with E-state index in [0.29, 0.717) is 17.0 Å². The number of carboxylic acid groups (broad SMARTS) is 1. The first-order valence-electron chi connectivity index (χ1n) is 5.96. The van der Waals surface area contributed by atoms with E-state index in [1.54, 1.807) is 18.5 Å². The molecule has 2 amide bonds. The van der Waals surface area contributed by atoms with Crippen LogP contribution < -0.4 is 5.32 Å². The van der Waals surface area contributed by atoms with Crippen molar-refractivity contribution in [3.05, 3.63) is 28.0 Å². The van der Waals surface area contributed by atoms with Crippen LogP contribution in [0.2, 0.25) is 0 Å². The van der Waals surface area contributed by atoms with E-state index in [9.17, 15) is 14.4 Å². The summed E-state index contributed by atoms with van der Waals surface area (Å²) in [4.78, 5) is 35.9. The molecule has 1 aromatic rings. The number of rotatable bonds is 6. The monoisotopic (exact) mass is 296 g/mol. The van der Waals surface area contributed by atoms with Crippen molar-refractivity contribution in [2.75, 3.05) is 20.1 Å². The van der Waals surface area contributed by atoms with E-state index >= 15 is 0 Å². The molecule has 0 fully saturated rings. The van der Waals surface area contributed by atoms with Gasteiger partial charge >= 0.3 is 5.97 Å². The Kier molecular flexibility index (Phi) is 5.92. The van der Waals surface area contributed by atoms with Gasteiger partial charge < -0.3 is 15.3 Å². The molecule has 0 aliphatic carbocycles. The van der Waals surface area contributed by atoms with Gasteiger partial charge in [0.25, 0.3) is 5.91 Å². The van der Waals surface area contributed by atoms with Crippen LogP contribution in [0.25, 0.3) is 6.08 Å². The number of carboxylic acids is 1. The van der Waals surface area contributed by atoms with Crippen LogP contribution in [0.15, 0.2) is 17.5 Å². The van der Waals surface area contributed by atoms with Gasteiger partial charge in [-0.15, -0.1) is 11.3 Å². The van der Waals surface area contributed by atoms with Crippen molar-refractivity contribution in [1.82, 2.24) is 10.2 Å². The molecule has 0 bridgehead atoms. The molecule has 7 heteroatoms. The fourth-order valence-electron chi connectivity index (χ4n) is 1.34. The summed E-state index contributed by atoms with van der Waals surface area (Å²) in [6, 6.07) is 1.65. The van der Waals surface area contributed by atoms with E-state index < -0.39 is 5.97 Å². The Morgan fingerprint density at radius 3 is 2.75 bits per heavy atom. The first-order valence-corrected chi connectivity index (χ1v) is 6.84. The van der Waals surface area contributed by atoms with Gasteiger partial charge in [-0.3, -0.25) is 9.59 Å². The minimum absolute atomic E-state index is 0.0802. The van der Waals surface area contributed by atoms with Gasteiger partial charge in [-0.2, -0.15) is 0 Å². The highest BCUT2D eigenvalue weighted by Gasteiger charge is 2.14. The second kappa shape index (κ2) is 7.44. The van der Waals surface area contributed by atoms with Crippen LogP contribution in [0.5, 0.6) is 0 Å². The second-order valence-corrected chi connectivity index (χ2v) is 4.88. The maximum Gasteiger partial charge on any atom is 0.328 e. The van der Waals surface area contributed by atoms with Gasteiger partial charge in [0.1, 0.15) is 0 Å². The third kappa shape index (κ3) is 4.51. The Morgan fingerprint density at radius 1 is 1.45 bits per heavy atom. The van der Waals surface area contributed by atoms with Gasteiger partial charge in [-0.05, 0) is 30.0 Å². The van der Waals surface area contributed by atoms with E-state index in [2.05, 4.69) is 5.32 Å². The Balaban J connectivity index is 2.67. The van der Waals surface area contributed by atoms with Crippen LogP contribution in [-0.4, -0.2) is 47.9 Å². The molecule has 0 spiro atoms. The van der Waals surface area contributed by atoms with Gasteiger partial charge in [0.2, 0.25) is 5.91 Å². The van der Waals surface area contributed by atoms with Crippen LogP contribution in [0.3, 0.4) is 0 Å². The van der Waals surface area contributed by atoms with Crippen LogP contribution in [0, 0.1) is 0 Å². The zero-order valence-corrected chi connectivity index (χ0v) is 12.1. The van der Waals surface area contributed by atoms with Crippen molar-refractivity contribution in [3.8, 4) is 0 Å². The number of nitrogens with zero attached hydrogens (tertiary/aromatic N) is 1. The Labute approximate surface area is 120 Å². The topological polar surface area (TPSA) is 86.7 Å². The zero-order valence-electron chi connectivity index (χ0n) is 11.3. The minimum atomic E-state index is -1.08. The van der Waals surface area contributed by atoms with Gasteiger partial charge in [0.15, 0.2) is 0 Å². The number of carbonyl (C=O) groups excluding carboxylic acids is 2. The SMILES string of the molecule is CCN(C)C(=O)CNC(=O)c1sccc1/C=C/C(=O)O. The molecule has 108 valence electrons. The number of thiophene rings is 1. The molecule has 20 heavy (non-hydrogen) atoms. The van der Waals surface area contributed by atoms with Crippen LogP contribution >= 0.6 is 11.3 Å². The summed E-state index contributed by atoms with van der Waals surface area (Å²) in [6.45, 7) is 2.33. The summed E-state index contributed by atoms with van der Waals surface area (Å²) in [7, 11) is 1.65. The largest absolute Gasteiger partial charge is 0.478 e. The fourth-order valence-corrected chi connectivity index (χ4v) is 2.15. The first kappa shape index (κ1) is 15.9. The predicted molar refractivity (Wildman–Crippen MR) is 76.6 cm³/mol. The molecule has 0 saturated carbocycles. The van der Waals surface area contributed by atoms with Crippen molar-refractivity contribution in [1.29, 1.82) is 0 Å². The highest BCUT2D eigenvalue weighted by Crippen LogP contribution is 2.18. The highest BCUT2D eigenvalue weighted by molar-refractivity contribution is 7.12. The zero-order chi connectivity index (χ0) is 15.1. The summed E-state index contributed by atoms with van der Waals surface area (Å²) in [5.74, 6) is -1.65. The summed E-state index contributed by atoms with van der Waals surface area (Å²) < 4.78 is 0. The lowest BCUT2D eigenvalue weighted by Gasteiger charge is -2.14. The molecule has 0 aliphatic heterocycles. The number of nitrogens with one attached hydrogen (secondary N) is 1. The first-order chi connectivity index (χ1) is 9.45. The maximum atomic E-state index is 11.9. The molecule has 1 rings (SSSR count). The van der Waals surface area contributed by atoms with E-state index in [-0.39, 0.29) is 18.4 Å². The average Bonchev–Trinajstić information content (AvgIpc) is 2.89. The summed E-state index contributed by atoms with van der Waals surface area (Å²) in [6.07, 6.45) is 2.32. The van der Waals surface area contributed by atoms with E-state index in [4.69, 9.17) is 5.11 Å². The fraction of sp³-hybridized carbons (Fsp3) is 0.308. The molecule has 1 aromatic heterocycles. The van der Waals surface area contributed by atoms with Crippen LogP contribution in [0.4, 0.5) is 0 Å². The molecular formula is C13H16N2O4S. The highest BCUT2D eigenvalue weighted by atomic mass is 32.1. The third-order valence-corrected chi connectivity index (χ3v) is 3.54. The number of likely N-dealkylation sites (N-methyl/N-ethyl adjacent to an activating group) is 1. The molecule has 0 aromatic carbocycles. The molecule has 1 heterocycles. The summed E-state index contributed by atoms with van der Waals surface area (Å²) >= 11 is 1.19. The molecular weight excluding hydrogens is 280 g/mol. The summed E-state index contributed by atoms with van der Waals surface area (Å²) in [5, 5.41) is 12.8.